The maximum Gasteiger partial charge on any atom is 0.223 e. The van der Waals surface area contributed by atoms with Gasteiger partial charge in [-0.15, -0.1) is 0 Å². The van der Waals surface area contributed by atoms with Crippen LogP contribution < -0.4 is 11.1 Å². The SMILES string of the molecule is CC(=O)NC[C@]1(c2ccccc2)CC[C@H](O)[C@@H](N(C)C(=O)CCC(N)=O)CC1. The number of aliphatic hydroxyl groups excluding tert-OH is 1. The molecule has 0 radical (unpaired) electrons. The summed E-state index contributed by atoms with van der Waals surface area (Å²) >= 11 is 0. The van der Waals surface area contributed by atoms with Crippen LogP contribution in [0, 0.1) is 0 Å². The van der Waals surface area contributed by atoms with Crippen LogP contribution in [0.25, 0.3) is 0 Å². The highest BCUT2D eigenvalue weighted by molar-refractivity contribution is 5.83. The molecule has 3 atom stereocenters. The molecular weight excluding hydrogens is 358 g/mol. The van der Waals surface area contributed by atoms with Crippen LogP contribution in [-0.2, 0) is 19.8 Å². The van der Waals surface area contributed by atoms with Crippen LogP contribution in [0.2, 0.25) is 0 Å². The summed E-state index contributed by atoms with van der Waals surface area (Å²) in [6, 6.07) is 9.68. The Morgan fingerprint density at radius 1 is 1.18 bits per heavy atom. The number of likely N-dealkylation sites (N-methyl/N-ethyl adjacent to an activating group) is 1. The van der Waals surface area contributed by atoms with Gasteiger partial charge in [-0.25, -0.2) is 0 Å². The Morgan fingerprint density at radius 2 is 1.82 bits per heavy atom. The number of hydrogen-bond acceptors (Lipinski definition) is 4. The second-order valence-electron chi connectivity index (χ2n) is 7.74. The summed E-state index contributed by atoms with van der Waals surface area (Å²) in [5, 5.41) is 13.7. The molecule has 0 heterocycles. The van der Waals surface area contributed by atoms with E-state index in [0.29, 0.717) is 25.8 Å². The number of amides is 3. The van der Waals surface area contributed by atoms with Gasteiger partial charge in [0.1, 0.15) is 0 Å². The van der Waals surface area contributed by atoms with E-state index in [1.807, 2.05) is 18.2 Å². The highest BCUT2D eigenvalue weighted by atomic mass is 16.3. The Morgan fingerprint density at radius 3 is 2.43 bits per heavy atom. The van der Waals surface area contributed by atoms with Gasteiger partial charge in [-0.3, -0.25) is 14.4 Å². The average Bonchev–Trinajstić information content (AvgIpc) is 2.84. The van der Waals surface area contributed by atoms with Gasteiger partial charge in [0.25, 0.3) is 0 Å². The molecule has 0 unspecified atom stereocenters. The summed E-state index contributed by atoms with van der Waals surface area (Å²) in [4.78, 5) is 36.5. The van der Waals surface area contributed by atoms with Crippen molar-refractivity contribution >= 4 is 17.7 Å². The van der Waals surface area contributed by atoms with E-state index < -0.39 is 12.0 Å². The van der Waals surface area contributed by atoms with Gasteiger partial charge in [-0.05, 0) is 31.2 Å². The van der Waals surface area contributed by atoms with E-state index in [4.69, 9.17) is 5.73 Å². The zero-order valence-electron chi connectivity index (χ0n) is 16.7. The largest absolute Gasteiger partial charge is 0.391 e. The fraction of sp³-hybridized carbons (Fsp3) is 0.571. The maximum atomic E-state index is 12.4. The predicted molar refractivity (Wildman–Crippen MR) is 106 cm³/mol. The lowest BCUT2D eigenvalue weighted by atomic mass is 9.74. The Kier molecular flexibility index (Phi) is 7.57. The van der Waals surface area contributed by atoms with Crippen molar-refractivity contribution in [3.05, 3.63) is 35.9 Å². The molecule has 0 aliphatic heterocycles. The van der Waals surface area contributed by atoms with Crippen molar-refractivity contribution in [2.24, 2.45) is 5.73 Å². The Labute approximate surface area is 166 Å². The molecular formula is C21H31N3O4. The highest BCUT2D eigenvalue weighted by Gasteiger charge is 2.39. The fourth-order valence-corrected chi connectivity index (χ4v) is 4.05. The molecule has 1 aliphatic carbocycles. The van der Waals surface area contributed by atoms with Gasteiger partial charge in [-0.1, -0.05) is 30.3 Å². The van der Waals surface area contributed by atoms with E-state index in [-0.39, 0.29) is 36.1 Å². The second kappa shape index (κ2) is 9.68. The van der Waals surface area contributed by atoms with Crippen LogP contribution in [0.15, 0.2) is 30.3 Å². The molecule has 1 aromatic carbocycles. The van der Waals surface area contributed by atoms with Gasteiger partial charge in [0.15, 0.2) is 0 Å². The lowest BCUT2D eigenvalue weighted by Gasteiger charge is -2.34. The summed E-state index contributed by atoms with van der Waals surface area (Å²) < 4.78 is 0. The first-order valence-corrected chi connectivity index (χ1v) is 9.77. The third-order valence-electron chi connectivity index (χ3n) is 5.82. The minimum absolute atomic E-state index is 0.00245. The topological polar surface area (TPSA) is 113 Å². The summed E-state index contributed by atoms with van der Waals surface area (Å²) in [5.41, 5.74) is 5.97. The molecule has 7 heteroatoms. The van der Waals surface area contributed by atoms with Crippen LogP contribution in [0.1, 0.15) is 51.0 Å². The standard InChI is InChI=1S/C21H31N3O4/c1-15(25)23-14-21(16-6-4-3-5-7-16)12-10-17(18(26)11-13-21)24(2)20(28)9-8-19(22)27/h3-7,17-18,26H,8-14H2,1-2H3,(H2,22,27)(H,23,25)/t17-,18-,21+/m0/s1. The molecule has 1 aliphatic rings. The van der Waals surface area contributed by atoms with Crippen molar-refractivity contribution in [1.82, 2.24) is 10.2 Å². The third kappa shape index (κ3) is 5.55. The van der Waals surface area contributed by atoms with E-state index >= 15 is 0 Å². The van der Waals surface area contributed by atoms with Crippen LogP contribution in [0.5, 0.6) is 0 Å². The van der Waals surface area contributed by atoms with Crippen LogP contribution in [-0.4, -0.2) is 53.5 Å². The summed E-state index contributed by atoms with van der Waals surface area (Å²) in [7, 11) is 1.67. The average molecular weight is 389 g/mol. The number of benzene rings is 1. The lowest BCUT2D eigenvalue weighted by molar-refractivity contribution is -0.136. The number of hydrogen-bond donors (Lipinski definition) is 3. The van der Waals surface area contributed by atoms with Gasteiger partial charge in [-0.2, -0.15) is 0 Å². The molecule has 0 bridgehead atoms. The number of rotatable bonds is 7. The van der Waals surface area contributed by atoms with Gasteiger partial charge in [0, 0.05) is 38.8 Å². The zero-order chi connectivity index (χ0) is 20.7. The first kappa shape index (κ1) is 21.9. The molecule has 1 aromatic rings. The molecule has 154 valence electrons. The van der Waals surface area contributed by atoms with E-state index in [1.54, 1.807) is 11.9 Å². The third-order valence-corrected chi connectivity index (χ3v) is 5.82. The number of carbonyl (C=O) groups excluding carboxylic acids is 3. The first-order valence-electron chi connectivity index (χ1n) is 9.77. The van der Waals surface area contributed by atoms with Crippen molar-refractivity contribution in [2.75, 3.05) is 13.6 Å². The fourth-order valence-electron chi connectivity index (χ4n) is 4.05. The van der Waals surface area contributed by atoms with Crippen LogP contribution in [0.4, 0.5) is 0 Å². The number of carbonyl (C=O) groups is 3. The van der Waals surface area contributed by atoms with Crippen LogP contribution >= 0.6 is 0 Å². The number of nitrogens with two attached hydrogens (primary N) is 1. The summed E-state index contributed by atoms with van der Waals surface area (Å²) in [5.74, 6) is -0.797. The molecule has 2 rings (SSSR count). The van der Waals surface area contributed by atoms with Gasteiger partial charge in [0.2, 0.25) is 17.7 Å². The lowest BCUT2D eigenvalue weighted by Crippen LogP contribution is -2.44. The number of nitrogens with zero attached hydrogens (tertiary/aromatic N) is 1. The normalized spacial score (nSPS) is 24.8. The molecule has 28 heavy (non-hydrogen) atoms. The van der Waals surface area contributed by atoms with Gasteiger partial charge < -0.3 is 21.1 Å². The molecule has 3 amide bonds. The summed E-state index contributed by atoms with van der Waals surface area (Å²) in [6.07, 6.45) is 1.95. The van der Waals surface area contributed by atoms with Crippen molar-refractivity contribution in [2.45, 2.75) is 63.0 Å². The minimum atomic E-state index is -0.662. The van der Waals surface area contributed by atoms with Crippen molar-refractivity contribution in [1.29, 1.82) is 0 Å². The van der Waals surface area contributed by atoms with E-state index in [9.17, 15) is 19.5 Å². The molecule has 1 saturated carbocycles. The van der Waals surface area contributed by atoms with E-state index in [1.165, 1.54) is 6.92 Å². The highest BCUT2D eigenvalue weighted by Crippen LogP contribution is 2.39. The Hall–Kier alpha value is -2.41. The van der Waals surface area contributed by atoms with Crippen molar-refractivity contribution < 1.29 is 19.5 Å². The Bertz CT molecular complexity index is 694. The number of nitrogens with one attached hydrogen (secondary N) is 1. The van der Waals surface area contributed by atoms with Gasteiger partial charge >= 0.3 is 0 Å². The zero-order valence-corrected chi connectivity index (χ0v) is 16.7. The van der Waals surface area contributed by atoms with Gasteiger partial charge in [0.05, 0.1) is 12.1 Å². The minimum Gasteiger partial charge on any atom is -0.391 e. The summed E-state index contributed by atoms with van der Waals surface area (Å²) in [6.45, 7) is 1.99. The van der Waals surface area contributed by atoms with E-state index in [2.05, 4.69) is 17.4 Å². The predicted octanol–water partition coefficient (Wildman–Crippen LogP) is 1.09. The smallest absolute Gasteiger partial charge is 0.223 e. The molecule has 0 saturated heterocycles. The molecule has 7 nitrogen and oxygen atoms in total. The van der Waals surface area contributed by atoms with Crippen molar-refractivity contribution in [3.63, 3.8) is 0 Å². The quantitative estimate of drug-likeness (QED) is 0.606. The monoisotopic (exact) mass is 389 g/mol. The van der Waals surface area contributed by atoms with Crippen molar-refractivity contribution in [3.8, 4) is 0 Å². The Balaban J connectivity index is 2.19. The van der Waals surface area contributed by atoms with Crippen LogP contribution in [0.3, 0.4) is 0 Å². The maximum absolute atomic E-state index is 12.4. The molecule has 0 spiro atoms. The second-order valence-corrected chi connectivity index (χ2v) is 7.74. The number of aliphatic hydroxyl groups is 1. The molecule has 1 fully saturated rings. The molecule has 0 aromatic heterocycles. The first-order chi connectivity index (χ1) is 13.2. The van der Waals surface area contributed by atoms with E-state index in [0.717, 1.165) is 12.0 Å². The number of primary amides is 1. The molecule has 4 N–H and O–H groups in total.